The molecule has 0 saturated heterocycles. The average Bonchev–Trinajstić information content (AvgIpc) is 2.19. The van der Waals surface area contributed by atoms with Crippen LogP contribution < -0.4 is 10.6 Å². The molecule has 0 aromatic rings. The highest BCUT2D eigenvalue weighted by molar-refractivity contribution is 5.02. The minimum Gasteiger partial charge on any atom is -0.381 e. The topological polar surface area (TPSA) is 33.3 Å². The van der Waals surface area contributed by atoms with Gasteiger partial charge >= 0.3 is 6.18 Å². The third-order valence-electron chi connectivity index (χ3n) is 3.48. The Bertz CT molecular complexity index is 243. The summed E-state index contributed by atoms with van der Waals surface area (Å²) in [5, 5.41) is 5.61. The molecule has 1 aliphatic rings. The average molecular weight is 254 g/mol. The second kappa shape index (κ2) is 5.54. The van der Waals surface area contributed by atoms with Crippen LogP contribution in [0, 0.1) is 5.41 Å². The number of alkyl halides is 3. The molecule has 0 heterocycles. The van der Waals surface area contributed by atoms with Gasteiger partial charge in [0.25, 0.3) is 0 Å². The lowest BCUT2D eigenvalue weighted by Crippen LogP contribution is -2.61. The Morgan fingerprint density at radius 2 is 1.94 bits per heavy atom. The van der Waals surface area contributed by atoms with Crippen LogP contribution in [0.3, 0.4) is 0 Å². The number of rotatable bonds is 6. The SMILES string of the molecule is COC1CC(NCCNCC(F)(F)F)C1(C)C. The third-order valence-corrected chi connectivity index (χ3v) is 3.48. The van der Waals surface area contributed by atoms with Crippen LogP contribution in [0.15, 0.2) is 0 Å². The highest BCUT2D eigenvalue weighted by Gasteiger charge is 2.47. The maximum Gasteiger partial charge on any atom is 0.401 e. The molecule has 3 nitrogen and oxygen atoms in total. The van der Waals surface area contributed by atoms with E-state index in [0.717, 1.165) is 6.42 Å². The van der Waals surface area contributed by atoms with Crippen LogP contribution >= 0.6 is 0 Å². The van der Waals surface area contributed by atoms with Crippen LogP contribution in [0.4, 0.5) is 13.2 Å². The first kappa shape index (κ1) is 14.7. The van der Waals surface area contributed by atoms with Crippen molar-refractivity contribution in [3.63, 3.8) is 0 Å². The zero-order valence-corrected chi connectivity index (χ0v) is 10.5. The minimum atomic E-state index is -4.13. The summed E-state index contributed by atoms with van der Waals surface area (Å²) in [5.41, 5.74) is 0.0543. The predicted octanol–water partition coefficient (Wildman–Crippen LogP) is 1.54. The van der Waals surface area contributed by atoms with Crippen molar-refractivity contribution in [3.05, 3.63) is 0 Å². The van der Waals surface area contributed by atoms with Crippen molar-refractivity contribution < 1.29 is 17.9 Å². The first-order valence-corrected chi connectivity index (χ1v) is 5.81. The molecule has 2 atom stereocenters. The summed E-state index contributed by atoms with van der Waals surface area (Å²) in [7, 11) is 1.69. The van der Waals surface area contributed by atoms with E-state index in [1.807, 2.05) is 0 Å². The highest BCUT2D eigenvalue weighted by Crippen LogP contribution is 2.42. The normalized spacial score (nSPS) is 27.9. The van der Waals surface area contributed by atoms with E-state index >= 15 is 0 Å². The van der Waals surface area contributed by atoms with E-state index in [2.05, 4.69) is 24.5 Å². The van der Waals surface area contributed by atoms with Gasteiger partial charge in [-0.2, -0.15) is 13.2 Å². The van der Waals surface area contributed by atoms with E-state index in [9.17, 15) is 13.2 Å². The number of methoxy groups -OCH3 is 1. The Kier molecular flexibility index (Phi) is 4.80. The molecule has 0 bridgehead atoms. The Morgan fingerprint density at radius 1 is 1.29 bits per heavy atom. The first-order valence-electron chi connectivity index (χ1n) is 5.81. The van der Waals surface area contributed by atoms with Gasteiger partial charge in [0.05, 0.1) is 12.6 Å². The molecule has 0 aromatic carbocycles. The van der Waals surface area contributed by atoms with Gasteiger partial charge in [0.1, 0.15) is 0 Å². The fourth-order valence-electron chi connectivity index (χ4n) is 2.20. The van der Waals surface area contributed by atoms with Crippen molar-refractivity contribution in [1.29, 1.82) is 0 Å². The second-order valence-corrected chi connectivity index (χ2v) is 5.08. The number of nitrogens with one attached hydrogen (secondary N) is 2. The van der Waals surface area contributed by atoms with Gasteiger partial charge in [-0.3, -0.25) is 0 Å². The van der Waals surface area contributed by atoms with Gasteiger partial charge in [-0.25, -0.2) is 0 Å². The van der Waals surface area contributed by atoms with Gasteiger partial charge in [-0.15, -0.1) is 0 Å². The molecule has 6 heteroatoms. The fraction of sp³-hybridized carbons (Fsp3) is 1.00. The lowest BCUT2D eigenvalue weighted by molar-refractivity contribution is -0.124. The molecule has 2 unspecified atom stereocenters. The van der Waals surface area contributed by atoms with E-state index in [-0.39, 0.29) is 11.5 Å². The Morgan fingerprint density at radius 3 is 2.41 bits per heavy atom. The van der Waals surface area contributed by atoms with Gasteiger partial charge in [0.2, 0.25) is 0 Å². The summed E-state index contributed by atoms with van der Waals surface area (Å²) >= 11 is 0. The van der Waals surface area contributed by atoms with Crippen LogP contribution in [-0.2, 0) is 4.74 Å². The molecule has 17 heavy (non-hydrogen) atoms. The second-order valence-electron chi connectivity index (χ2n) is 5.08. The molecule has 1 aliphatic carbocycles. The van der Waals surface area contributed by atoms with E-state index < -0.39 is 12.7 Å². The monoisotopic (exact) mass is 254 g/mol. The maximum atomic E-state index is 11.8. The zero-order chi connectivity index (χ0) is 13.1. The van der Waals surface area contributed by atoms with Gasteiger partial charge in [-0.1, -0.05) is 13.8 Å². The lowest BCUT2D eigenvalue weighted by Gasteiger charge is -2.51. The molecule has 1 rings (SSSR count). The van der Waals surface area contributed by atoms with E-state index in [1.54, 1.807) is 7.11 Å². The lowest BCUT2D eigenvalue weighted by atomic mass is 9.64. The number of ether oxygens (including phenoxy) is 1. The van der Waals surface area contributed by atoms with E-state index in [4.69, 9.17) is 4.74 Å². The molecular weight excluding hydrogens is 233 g/mol. The number of hydrogen-bond donors (Lipinski definition) is 2. The molecule has 0 spiro atoms. The van der Waals surface area contributed by atoms with E-state index in [1.165, 1.54) is 0 Å². The van der Waals surface area contributed by atoms with Crippen LogP contribution in [0.25, 0.3) is 0 Å². The Labute approximate surface area is 100 Å². The summed E-state index contributed by atoms with van der Waals surface area (Å²) in [6.07, 6.45) is -2.97. The smallest absolute Gasteiger partial charge is 0.381 e. The third kappa shape index (κ3) is 4.12. The zero-order valence-electron chi connectivity index (χ0n) is 10.5. The minimum absolute atomic E-state index is 0.0543. The van der Waals surface area contributed by atoms with Crippen molar-refractivity contribution in [2.24, 2.45) is 5.41 Å². The largest absolute Gasteiger partial charge is 0.401 e. The van der Waals surface area contributed by atoms with Crippen LogP contribution in [0.5, 0.6) is 0 Å². The van der Waals surface area contributed by atoms with E-state index in [0.29, 0.717) is 19.1 Å². The molecule has 0 radical (unpaired) electrons. The summed E-state index contributed by atoms with van der Waals surface area (Å²) < 4.78 is 40.8. The van der Waals surface area contributed by atoms with Crippen LogP contribution in [0.1, 0.15) is 20.3 Å². The number of halogens is 3. The molecular formula is C11H21F3N2O. The van der Waals surface area contributed by atoms with Crippen molar-refractivity contribution in [3.8, 4) is 0 Å². The predicted molar refractivity (Wildman–Crippen MR) is 59.9 cm³/mol. The number of hydrogen-bond acceptors (Lipinski definition) is 3. The molecule has 0 amide bonds. The molecule has 0 aliphatic heterocycles. The Balaban J connectivity index is 2.09. The highest BCUT2D eigenvalue weighted by atomic mass is 19.4. The van der Waals surface area contributed by atoms with Crippen molar-refractivity contribution in [2.75, 3.05) is 26.7 Å². The van der Waals surface area contributed by atoms with Gasteiger partial charge in [0, 0.05) is 31.7 Å². The summed E-state index contributed by atoms with van der Waals surface area (Å²) in [4.78, 5) is 0. The summed E-state index contributed by atoms with van der Waals surface area (Å²) in [6, 6.07) is 0.320. The van der Waals surface area contributed by atoms with Gasteiger partial charge in [0.15, 0.2) is 0 Å². The molecule has 1 fully saturated rings. The van der Waals surface area contributed by atoms with Crippen molar-refractivity contribution in [1.82, 2.24) is 10.6 Å². The molecule has 102 valence electrons. The maximum absolute atomic E-state index is 11.8. The van der Waals surface area contributed by atoms with Crippen molar-refractivity contribution >= 4 is 0 Å². The molecule has 1 saturated carbocycles. The molecule has 2 N–H and O–H groups in total. The molecule has 0 aromatic heterocycles. The fourth-order valence-corrected chi connectivity index (χ4v) is 2.20. The summed E-state index contributed by atoms with van der Waals surface area (Å²) in [6.45, 7) is 4.14. The van der Waals surface area contributed by atoms with Crippen LogP contribution in [0.2, 0.25) is 0 Å². The standard InChI is InChI=1S/C11H21F3N2O/c1-10(2)8(6-9(10)17-3)16-5-4-15-7-11(12,13)14/h8-9,15-16H,4-7H2,1-3H3. The van der Waals surface area contributed by atoms with Gasteiger partial charge < -0.3 is 15.4 Å². The first-order chi connectivity index (χ1) is 7.77. The van der Waals surface area contributed by atoms with Gasteiger partial charge in [-0.05, 0) is 6.42 Å². The summed E-state index contributed by atoms with van der Waals surface area (Å²) in [5.74, 6) is 0. The Hall–Kier alpha value is -0.330. The van der Waals surface area contributed by atoms with Crippen LogP contribution in [-0.4, -0.2) is 45.1 Å². The van der Waals surface area contributed by atoms with Crippen molar-refractivity contribution in [2.45, 2.75) is 38.6 Å². The quantitative estimate of drug-likeness (QED) is 0.705.